The second-order valence-electron chi connectivity index (χ2n) is 8.97. The van der Waals surface area contributed by atoms with Gasteiger partial charge in [0.25, 0.3) is 0 Å². The highest BCUT2D eigenvalue weighted by atomic mass is 16.5. The van der Waals surface area contributed by atoms with Crippen molar-refractivity contribution in [1.82, 2.24) is 4.90 Å². The lowest BCUT2D eigenvalue weighted by Gasteiger charge is -2.25. The molecule has 8 heteroatoms. The summed E-state index contributed by atoms with van der Waals surface area (Å²) in [6, 6.07) is 11.4. The first-order valence-corrected chi connectivity index (χ1v) is 12.4. The van der Waals surface area contributed by atoms with Gasteiger partial charge >= 0.3 is 6.09 Å². The number of anilines is 2. The normalized spacial score (nSPS) is 14.0. The van der Waals surface area contributed by atoms with E-state index in [1.807, 2.05) is 48.2 Å². The summed E-state index contributed by atoms with van der Waals surface area (Å²) in [5, 5.41) is 12.8. The first kappa shape index (κ1) is 24.6. The maximum absolute atomic E-state index is 12.8. The number of unbranched alkanes of at least 4 members (excludes halogenated alkanes) is 1. The largest absolute Gasteiger partial charge is 0.492 e. The van der Waals surface area contributed by atoms with Crippen molar-refractivity contribution >= 4 is 29.2 Å². The monoisotopic (exact) mass is 479 g/mol. The lowest BCUT2D eigenvalue weighted by Crippen LogP contribution is -2.34. The van der Waals surface area contributed by atoms with E-state index in [1.54, 1.807) is 0 Å². The van der Waals surface area contributed by atoms with E-state index in [0.29, 0.717) is 57.5 Å². The van der Waals surface area contributed by atoms with Gasteiger partial charge < -0.3 is 25.0 Å². The molecule has 2 heterocycles. The molecule has 35 heavy (non-hydrogen) atoms. The summed E-state index contributed by atoms with van der Waals surface area (Å²) in [4.78, 5) is 40.0. The number of ether oxygens (including phenoxy) is 1. The molecule has 0 saturated heterocycles. The van der Waals surface area contributed by atoms with Crippen molar-refractivity contribution in [1.29, 1.82) is 0 Å². The molecule has 0 radical (unpaired) electrons. The van der Waals surface area contributed by atoms with Crippen LogP contribution in [0.3, 0.4) is 0 Å². The Morgan fingerprint density at radius 2 is 1.94 bits per heavy atom. The highest BCUT2D eigenvalue weighted by Crippen LogP contribution is 2.37. The maximum atomic E-state index is 12.8. The van der Waals surface area contributed by atoms with E-state index in [2.05, 4.69) is 5.32 Å². The Morgan fingerprint density at radius 3 is 2.74 bits per heavy atom. The Kier molecular flexibility index (Phi) is 7.90. The number of hydrogen-bond donors (Lipinski definition) is 2. The molecule has 2 amide bonds. The third-order valence-electron chi connectivity index (χ3n) is 6.57. The molecule has 0 spiro atoms. The first-order valence-electron chi connectivity index (χ1n) is 12.4. The zero-order chi connectivity index (χ0) is 24.8. The summed E-state index contributed by atoms with van der Waals surface area (Å²) < 4.78 is 5.59. The van der Waals surface area contributed by atoms with E-state index >= 15 is 0 Å². The van der Waals surface area contributed by atoms with Gasteiger partial charge in [-0.05, 0) is 68.0 Å². The molecule has 0 aromatic heterocycles. The Balaban J connectivity index is 1.25. The van der Waals surface area contributed by atoms with Crippen LogP contribution in [0, 0.1) is 0 Å². The molecule has 2 aliphatic heterocycles. The van der Waals surface area contributed by atoms with Crippen molar-refractivity contribution in [2.45, 2.75) is 45.4 Å². The molecule has 0 bridgehead atoms. The second-order valence-corrected chi connectivity index (χ2v) is 8.97. The third-order valence-corrected chi connectivity index (χ3v) is 6.57. The van der Waals surface area contributed by atoms with Crippen molar-refractivity contribution in [3.05, 3.63) is 53.1 Å². The molecule has 2 N–H and O–H groups in total. The van der Waals surface area contributed by atoms with Crippen LogP contribution in [0.15, 0.2) is 36.4 Å². The molecule has 0 fully saturated rings. The number of ketones is 1. The summed E-state index contributed by atoms with van der Waals surface area (Å²) in [5.74, 6) is 0.917. The van der Waals surface area contributed by atoms with Crippen molar-refractivity contribution in [2.75, 3.05) is 43.0 Å². The van der Waals surface area contributed by atoms with Gasteiger partial charge in [-0.15, -0.1) is 0 Å². The van der Waals surface area contributed by atoms with E-state index in [9.17, 15) is 19.5 Å². The second kappa shape index (κ2) is 11.3. The van der Waals surface area contributed by atoms with Crippen molar-refractivity contribution < 1.29 is 24.2 Å². The molecule has 2 aliphatic rings. The molecule has 8 nitrogen and oxygen atoms in total. The molecule has 0 unspecified atom stereocenters. The van der Waals surface area contributed by atoms with Crippen LogP contribution in [-0.2, 0) is 17.6 Å². The predicted molar refractivity (Wildman–Crippen MR) is 135 cm³/mol. The Bertz CT molecular complexity index is 1100. The van der Waals surface area contributed by atoms with Gasteiger partial charge in [0.1, 0.15) is 5.75 Å². The van der Waals surface area contributed by atoms with E-state index in [1.165, 1.54) is 4.90 Å². The smallest absolute Gasteiger partial charge is 0.407 e. The molecular formula is C27H33N3O5. The number of para-hydroxylation sites is 2. The fourth-order valence-corrected chi connectivity index (χ4v) is 4.90. The van der Waals surface area contributed by atoms with Crippen molar-refractivity contribution in [2.24, 2.45) is 0 Å². The predicted octanol–water partition coefficient (Wildman–Crippen LogP) is 4.37. The van der Waals surface area contributed by atoms with Crippen LogP contribution in [0.1, 0.15) is 54.1 Å². The average Bonchev–Trinajstić information content (AvgIpc) is 3.18. The number of carbonyl (C=O) groups excluding carboxylic acids is 2. The van der Waals surface area contributed by atoms with Crippen LogP contribution >= 0.6 is 0 Å². The zero-order valence-electron chi connectivity index (χ0n) is 20.2. The number of benzene rings is 2. The summed E-state index contributed by atoms with van der Waals surface area (Å²) in [5.41, 5.74) is 4.59. The molecule has 4 rings (SSSR count). The number of aryl methyl sites for hydroxylation is 1. The lowest BCUT2D eigenvalue weighted by molar-refractivity contribution is -0.117. The molecule has 0 saturated carbocycles. The van der Waals surface area contributed by atoms with Gasteiger partial charge in [-0.3, -0.25) is 9.59 Å². The number of hydrogen-bond acceptors (Lipinski definition) is 5. The Morgan fingerprint density at radius 1 is 1.14 bits per heavy atom. The SMILES string of the molecule is CCOc1ccccc1NCCN(CCCCC(=O)c1cc2c3c(c1)CC(=O)N3CCC2)C(=O)O. The summed E-state index contributed by atoms with van der Waals surface area (Å²) in [6.45, 7) is 4.41. The number of carbonyl (C=O) groups is 3. The van der Waals surface area contributed by atoms with Crippen LogP contribution in [0.5, 0.6) is 5.75 Å². The van der Waals surface area contributed by atoms with Gasteiger partial charge in [0.05, 0.1) is 24.4 Å². The first-order chi connectivity index (χ1) is 17.0. The number of nitrogens with zero attached hydrogens (tertiary/aromatic N) is 2. The summed E-state index contributed by atoms with van der Waals surface area (Å²) in [7, 11) is 0. The van der Waals surface area contributed by atoms with E-state index < -0.39 is 6.09 Å². The van der Waals surface area contributed by atoms with Gasteiger partial charge in [0.15, 0.2) is 5.78 Å². The molecule has 2 aromatic carbocycles. The van der Waals surface area contributed by atoms with Crippen molar-refractivity contribution in [3.8, 4) is 5.75 Å². The number of rotatable bonds is 12. The third kappa shape index (κ3) is 5.75. The number of nitrogens with one attached hydrogen (secondary N) is 1. The van der Waals surface area contributed by atoms with Crippen LogP contribution in [0.25, 0.3) is 0 Å². The minimum absolute atomic E-state index is 0.0524. The zero-order valence-corrected chi connectivity index (χ0v) is 20.2. The average molecular weight is 480 g/mol. The lowest BCUT2D eigenvalue weighted by atomic mass is 9.94. The fraction of sp³-hybridized carbons (Fsp3) is 0.444. The Hall–Kier alpha value is -3.55. The molecule has 0 aliphatic carbocycles. The Labute approximate surface area is 205 Å². The van der Waals surface area contributed by atoms with Gasteiger partial charge in [-0.1, -0.05) is 12.1 Å². The van der Waals surface area contributed by atoms with Crippen LogP contribution < -0.4 is 15.0 Å². The van der Waals surface area contributed by atoms with E-state index in [4.69, 9.17) is 4.74 Å². The molecule has 186 valence electrons. The number of amides is 2. The van der Waals surface area contributed by atoms with Gasteiger partial charge in [0.2, 0.25) is 5.91 Å². The van der Waals surface area contributed by atoms with E-state index in [-0.39, 0.29) is 11.7 Å². The van der Waals surface area contributed by atoms with Crippen LogP contribution in [0.4, 0.5) is 16.2 Å². The summed E-state index contributed by atoms with van der Waals surface area (Å²) >= 11 is 0. The topological polar surface area (TPSA) is 99.2 Å². The minimum atomic E-state index is -0.969. The number of carboxylic acid groups (broad SMARTS) is 1. The van der Waals surface area contributed by atoms with Gasteiger partial charge in [-0.2, -0.15) is 0 Å². The molecule has 2 aromatic rings. The maximum Gasteiger partial charge on any atom is 0.407 e. The number of Topliss-reactive ketones (excluding diaryl/α,β-unsaturated/α-hetero) is 1. The highest BCUT2D eigenvalue weighted by Gasteiger charge is 2.32. The quantitative estimate of drug-likeness (QED) is 0.347. The standard InChI is InChI=1S/C27H33N3O5/c1-2-35-24-11-4-3-9-22(24)28-12-15-29(27(33)34)13-6-5-10-23(31)20-16-19-8-7-14-30-25(32)18-21(17-20)26(19)30/h3-4,9,11,16-17,28H,2,5-8,10,12-15,18H2,1H3,(H,33,34). The van der Waals surface area contributed by atoms with Crippen LogP contribution in [0.2, 0.25) is 0 Å². The molecular weight excluding hydrogens is 446 g/mol. The minimum Gasteiger partial charge on any atom is -0.492 e. The van der Waals surface area contributed by atoms with E-state index in [0.717, 1.165) is 47.6 Å². The van der Waals surface area contributed by atoms with Gasteiger partial charge in [-0.25, -0.2) is 4.79 Å². The van der Waals surface area contributed by atoms with Crippen molar-refractivity contribution in [3.63, 3.8) is 0 Å². The highest BCUT2D eigenvalue weighted by molar-refractivity contribution is 6.05. The fourth-order valence-electron chi connectivity index (χ4n) is 4.90. The summed E-state index contributed by atoms with van der Waals surface area (Å²) in [6.07, 6.45) is 2.81. The van der Waals surface area contributed by atoms with Gasteiger partial charge in [0, 0.05) is 38.2 Å². The molecule has 0 atom stereocenters. The van der Waals surface area contributed by atoms with Crippen LogP contribution in [-0.4, -0.2) is 60.6 Å².